The standard InChI is InChI=1S/C26H28N2O4/c29-24(16-20-6-3-5-19-4-1-2-7-23(19)20)27-17-22-8-10-26(32-22)11-13-28(14-12-26)25(30)21-9-15-31-18-21/h1-7,9,15,18,22H,8,10-14,16-17H2,(H,27,29)/t22-/m1/s1. The molecule has 166 valence electrons. The minimum atomic E-state index is -0.168. The highest BCUT2D eigenvalue weighted by molar-refractivity contribution is 5.94. The molecule has 3 heterocycles. The summed E-state index contributed by atoms with van der Waals surface area (Å²) in [5.74, 6) is 0.0373. The van der Waals surface area contributed by atoms with Gasteiger partial charge in [0.1, 0.15) is 6.26 Å². The van der Waals surface area contributed by atoms with E-state index in [2.05, 4.69) is 23.5 Å². The maximum Gasteiger partial charge on any atom is 0.257 e. The predicted octanol–water partition coefficient (Wildman–Crippen LogP) is 3.95. The number of carbonyl (C=O) groups excluding carboxylic acids is 2. The summed E-state index contributed by atoms with van der Waals surface area (Å²) in [6.45, 7) is 1.90. The first-order chi connectivity index (χ1) is 15.6. The number of fused-ring (bicyclic) bond motifs is 1. The highest BCUT2D eigenvalue weighted by Gasteiger charge is 2.43. The Morgan fingerprint density at radius 2 is 1.84 bits per heavy atom. The lowest BCUT2D eigenvalue weighted by Crippen LogP contribution is -2.47. The van der Waals surface area contributed by atoms with E-state index in [-0.39, 0.29) is 23.5 Å². The average molecular weight is 433 g/mol. The van der Waals surface area contributed by atoms with Crippen LogP contribution in [0.4, 0.5) is 0 Å². The first-order valence-electron chi connectivity index (χ1n) is 11.3. The van der Waals surface area contributed by atoms with Crippen LogP contribution in [0.3, 0.4) is 0 Å². The molecule has 5 rings (SSSR count). The van der Waals surface area contributed by atoms with Crippen molar-refractivity contribution >= 4 is 22.6 Å². The first-order valence-corrected chi connectivity index (χ1v) is 11.3. The van der Waals surface area contributed by atoms with Crippen molar-refractivity contribution in [2.45, 2.75) is 43.8 Å². The summed E-state index contributed by atoms with van der Waals surface area (Å²) in [5.41, 5.74) is 1.47. The molecule has 32 heavy (non-hydrogen) atoms. The van der Waals surface area contributed by atoms with E-state index >= 15 is 0 Å². The minimum Gasteiger partial charge on any atom is -0.472 e. The molecule has 1 aromatic heterocycles. The Hall–Kier alpha value is -3.12. The van der Waals surface area contributed by atoms with E-state index in [1.807, 2.05) is 29.2 Å². The van der Waals surface area contributed by atoms with Crippen LogP contribution in [0.15, 0.2) is 65.5 Å². The molecule has 2 aromatic carbocycles. The molecule has 6 nitrogen and oxygen atoms in total. The molecule has 2 amide bonds. The van der Waals surface area contributed by atoms with Crippen molar-refractivity contribution in [3.05, 3.63) is 72.2 Å². The van der Waals surface area contributed by atoms with Gasteiger partial charge in [0.15, 0.2) is 0 Å². The highest BCUT2D eigenvalue weighted by Crippen LogP contribution is 2.39. The van der Waals surface area contributed by atoms with Crippen LogP contribution in [0.5, 0.6) is 0 Å². The van der Waals surface area contributed by atoms with Crippen molar-refractivity contribution in [2.75, 3.05) is 19.6 Å². The van der Waals surface area contributed by atoms with Crippen molar-refractivity contribution in [1.82, 2.24) is 10.2 Å². The Kier molecular flexibility index (Phi) is 5.70. The summed E-state index contributed by atoms with van der Waals surface area (Å²) >= 11 is 0. The lowest BCUT2D eigenvalue weighted by atomic mass is 9.88. The number of ether oxygens (including phenoxy) is 1. The Morgan fingerprint density at radius 1 is 1.03 bits per heavy atom. The number of piperidine rings is 1. The van der Waals surface area contributed by atoms with E-state index in [1.54, 1.807) is 6.07 Å². The molecular weight excluding hydrogens is 404 g/mol. The van der Waals surface area contributed by atoms with Crippen LogP contribution in [0.2, 0.25) is 0 Å². The fourth-order valence-electron chi connectivity index (χ4n) is 5.00. The van der Waals surface area contributed by atoms with Crippen LogP contribution in [0, 0.1) is 0 Å². The van der Waals surface area contributed by atoms with Gasteiger partial charge in [-0.3, -0.25) is 9.59 Å². The zero-order chi connectivity index (χ0) is 22.0. The van der Waals surface area contributed by atoms with Gasteiger partial charge in [0, 0.05) is 19.6 Å². The van der Waals surface area contributed by atoms with Crippen molar-refractivity contribution in [3.8, 4) is 0 Å². The molecule has 0 saturated carbocycles. The van der Waals surface area contributed by atoms with E-state index in [0.717, 1.165) is 42.0 Å². The van der Waals surface area contributed by atoms with Crippen LogP contribution in [-0.4, -0.2) is 48.1 Å². The average Bonchev–Trinajstić information content (AvgIpc) is 3.49. The molecule has 0 aliphatic carbocycles. The Morgan fingerprint density at radius 3 is 2.66 bits per heavy atom. The SMILES string of the molecule is O=C(Cc1cccc2ccccc12)NC[C@H]1CCC2(CCN(C(=O)c3ccoc3)CC2)O1. The summed E-state index contributed by atoms with van der Waals surface area (Å²) < 4.78 is 11.4. The Bertz CT molecular complexity index is 1090. The maximum atomic E-state index is 12.6. The van der Waals surface area contributed by atoms with Gasteiger partial charge in [-0.1, -0.05) is 42.5 Å². The van der Waals surface area contributed by atoms with E-state index in [0.29, 0.717) is 31.6 Å². The summed E-state index contributed by atoms with van der Waals surface area (Å²) in [4.78, 5) is 27.0. The van der Waals surface area contributed by atoms with Crippen LogP contribution < -0.4 is 5.32 Å². The Labute approximate surface area is 187 Å². The first kappa shape index (κ1) is 20.8. The van der Waals surface area contributed by atoms with Crippen LogP contribution in [0.1, 0.15) is 41.6 Å². The van der Waals surface area contributed by atoms with Crippen molar-refractivity contribution in [3.63, 3.8) is 0 Å². The fourth-order valence-corrected chi connectivity index (χ4v) is 5.00. The monoisotopic (exact) mass is 432 g/mol. The number of furan rings is 1. The molecule has 6 heteroatoms. The topological polar surface area (TPSA) is 71.8 Å². The van der Waals surface area contributed by atoms with Crippen molar-refractivity contribution < 1.29 is 18.7 Å². The number of rotatable bonds is 5. The van der Waals surface area contributed by atoms with E-state index in [1.165, 1.54) is 12.5 Å². The second-order valence-electron chi connectivity index (χ2n) is 8.88. The molecule has 3 aromatic rings. The molecule has 2 aliphatic rings. The van der Waals surface area contributed by atoms with E-state index < -0.39 is 0 Å². The Balaban J connectivity index is 1.11. The van der Waals surface area contributed by atoms with Gasteiger partial charge in [-0.05, 0) is 48.1 Å². The lowest BCUT2D eigenvalue weighted by Gasteiger charge is -2.39. The summed E-state index contributed by atoms with van der Waals surface area (Å²) in [5, 5.41) is 5.34. The van der Waals surface area contributed by atoms with Gasteiger partial charge in [0.25, 0.3) is 5.91 Å². The minimum absolute atomic E-state index is 0.0175. The lowest BCUT2D eigenvalue weighted by molar-refractivity contribution is -0.122. The fraction of sp³-hybridized carbons (Fsp3) is 0.385. The van der Waals surface area contributed by atoms with Gasteiger partial charge in [-0.15, -0.1) is 0 Å². The number of benzene rings is 2. The number of amides is 2. The second kappa shape index (κ2) is 8.79. The maximum absolute atomic E-state index is 12.6. The van der Waals surface area contributed by atoms with Crippen LogP contribution >= 0.6 is 0 Å². The normalized spacial score (nSPS) is 20.0. The number of hydrogen-bond donors (Lipinski definition) is 1. The number of nitrogens with one attached hydrogen (secondary N) is 1. The molecule has 1 N–H and O–H groups in total. The number of carbonyl (C=O) groups is 2. The molecule has 0 radical (unpaired) electrons. The van der Waals surface area contributed by atoms with Crippen LogP contribution in [-0.2, 0) is 16.0 Å². The van der Waals surface area contributed by atoms with Crippen molar-refractivity contribution in [2.24, 2.45) is 0 Å². The largest absolute Gasteiger partial charge is 0.472 e. The molecule has 0 unspecified atom stereocenters. The number of hydrogen-bond acceptors (Lipinski definition) is 4. The van der Waals surface area contributed by atoms with Gasteiger partial charge in [0.2, 0.25) is 5.91 Å². The zero-order valence-electron chi connectivity index (χ0n) is 18.1. The van der Waals surface area contributed by atoms with Crippen LogP contribution in [0.25, 0.3) is 10.8 Å². The van der Waals surface area contributed by atoms with E-state index in [4.69, 9.17) is 9.15 Å². The second-order valence-corrected chi connectivity index (χ2v) is 8.88. The van der Waals surface area contributed by atoms with Gasteiger partial charge in [-0.25, -0.2) is 0 Å². The number of nitrogens with zero attached hydrogens (tertiary/aromatic N) is 1. The number of likely N-dealkylation sites (tertiary alicyclic amines) is 1. The molecule has 2 fully saturated rings. The third-order valence-corrected chi connectivity index (χ3v) is 6.83. The molecule has 0 bridgehead atoms. The molecule has 1 atom stereocenters. The third kappa shape index (κ3) is 4.28. The highest BCUT2D eigenvalue weighted by atomic mass is 16.5. The molecule has 2 saturated heterocycles. The predicted molar refractivity (Wildman–Crippen MR) is 121 cm³/mol. The van der Waals surface area contributed by atoms with Gasteiger partial charge in [-0.2, -0.15) is 0 Å². The zero-order valence-corrected chi connectivity index (χ0v) is 18.1. The summed E-state index contributed by atoms with van der Waals surface area (Å²) in [6, 6.07) is 15.9. The van der Waals surface area contributed by atoms with E-state index in [9.17, 15) is 9.59 Å². The quantitative estimate of drug-likeness (QED) is 0.663. The van der Waals surface area contributed by atoms with Crippen molar-refractivity contribution in [1.29, 1.82) is 0 Å². The summed E-state index contributed by atoms with van der Waals surface area (Å²) in [7, 11) is 0. The smallest absolute Gasteiger partial charge is 0.257 e. The van der Waals surface area contributed by atoms with Gasteiger partial charge in [0.05, 0.1) is 30.0 Å². The molecular formula is C26H28N2O4. The summed E-state index contributed by atoms with van der Waals surface area (Å²) in [6.07, 6.45) is 6.99. The third-order valence-electron chi connectivity index (χ3n) is 6.83. The molecule has 1 spiro atoms. The van der Waals surface area contributed by atoms with Gasteiger partial charge < -0.3 is 19.4 Å². The molecule has 2 aliphatic heterocycles. The van der Waals surface area contributed by atoms with Gasteiger partial charge >= 0.3 is 0 Å².